The molecule has 174 valence electrons. The highest BCUT2D eigenvalue weighted by atomic mass is 35.5. The number of benzene rings is 3. The van der Waals surface area contributed by atoms with Crippen LogP contribution in [-0.4, -0.2) is 41.2 Å². The van der Waals surface area contributed by atoms with Crippen molar-refractivity contribution >= 4 is 23.2 Å². The van der Waals surface area contributed by atoms with Crippen LogP contribution < -0.4 is 0 Å². The van der Waals surface area contributed by atoms with Gasteiger partial charge in [0.05, 0.1) is 18.3 Å². The van der Waals surface area contributed by atoms with E-state index in [4.69, 9.17) is 16.7 Å². The molecule has 0 radical (unpaired) electrons. The molecule has 0 N–H and O–H groups in total. The number of hydrogen-bond acceptors (Lipinski definition) is 3. The fourth-order valence-corrected chi connectivity index (χ4v) is 5.35. The highest BCUT2D eigenvalue weighted by molar-refractivity contribution is 6.31. The molecule has 0 bridgehead atoms. The van der Waals surface area contributed by atoms with Crippen LogP contribution in [0, 0.1) is 5.92 Å². The lowest BCUT2D eigenvalue weighted by atomic mass is 9.90. The SMILES string of the molecule is O=C(CN1CCC(Cc2ccccc2)CC1)N1N=C(c2ccccc2)CC1c1ccccc1Cl. The summed E-state index contributed by atoms with van der Waals surface area (Å²) in [5.74, 6) is 0.719. The molecule has 5 heteroatoms. The number of hydrazone groups is 1. The molecule has 5 rings (SSSR count). The van der Waals surface area contributed by atoms with Crippen molar-refractivity contribution in [3.63, 3.8) is 0 Å². The quantitative estimate of drug-likeness (QED) is 0.444. The van der Waals surface area contributed by atoms with E-state index in [1.807, 2.05) is 54.6 Å². The summed E-state index contributed by atoms with van der Waals surface area (Å²) in [4.78, 5) is 15.8. The molecule has 2 aliphatic rings. The molecule has 1 atom stereocenters. The van der Waals surface area contributed by atoms with Crippen molar-refractivity contribution in [2.75, 3.05) is 19.6 Å². The predicted octanol–water partition coefficient (Wildman–Crippen LogP) is 5.97. The molecule has 1 unspecified atom stereocenters. The Morgan fingerprint density at radius 1 is 0.882 bits per heavy atom. The number of carbonyl (C=O) groups excluding carboxylic acids is 1. The molecule has 0 saturated carbocycles. The van der Waals surface area contributed by atoms with Crippen LogP contribution in [-0.2, 0) is 11.2 Å². The summed E-state index contributed by atoms with van der Waals surface area (Å²) in [6, 6.07) is 28.4. The summed E-state index contributed by atoms with van der Waals surface area (Å²) in [5.41, 5.74) is 4.34. The van der Waals surface area contributed by atoms with Gasteiger partial charge < -0.3 is 0 Å². The van der Waals surface area contributed by atoms with E-state index in [1.165, 1.54) is 5.56 Å². The second kappa shape index (κ2) is 10.5. The lowest BCUT2D eigenvalue weighted by molar-refractivity contribution is -0.134. The van der Waals surface area contributed by atoms with Crippen molar-refractivity contribution in [1.82, 2.24) is 9.91 Å². The minimum atomic E-state index is -0.174. The Kier molecular flexibility index (Phi) is 7.08. The molecule has 0 aliphatic carbocycles. The molecular formula is C29H30ClN3O. The van der Waals surface area contributed by atoms with Gasteiger partial charge in [0.2, 0.25) is 0 Å². The number of likely N-dealkylation sites (tertiary alicyclic amines) is 1. The Bertz CT molecular complexity index is 1140. The van der Waals surface area contributed by atoms with Gasteiger partial charge >= 0.3 is 0 Å². The van der Waals surface area contributed by atoms with Crippen molar-refractivity contribution in [1.29, 1.82) is 0 Å². The summed E-state index contributed by atoms with van der Waals surface area (Å²) in [7, 11) is 0. The van der Waals surface area contributed by atoms with E-state index >= 15 is 0 Å². The molecule has 0 aromatic heterocycles. The molecule has 1 fully saturated rings. The summed E-state index contributed by atoms with van der Waals surface area (Å²) < 4.78 is 0. The molecular weight excluding hydrogens is 442 g/mol. The van der Waals surface area contributed by atoms with Crippen molar-refractivity contribution in [3.8, 4) is 0 Å². The number of piperidine rings is 1. The third kappa shape index (κ3) is 5.24. The van der Waals surface area contributed by atoms with E-state index in [0.29, 0.717) is 23.9 Å². The average molecular weight is 472 g/mol. The van der Waals surface area contributed by atoms with E-state index < -0.39 is 0 Å². The zero-order valence-corrected chi connectivity index (χ0v) is 20.1. The first kappa shape index (κ1) is 22.8. The Morgan fingerprint density at radius 2 is 1.53 bits per heavy atom. The summed E-state index contributed by atoms with van der Waals surface area (Å²) >= 11 is 6.54. The van der Waals surface area contributed by atoms with Gasteiger partial charge in [-0.25, -0.2) is 5.01 Å². The molecule has 3 aromatic rings. The standard InChI is InChI=1S/C29H30ClN3O/c30-26-14-8-7-13-25(26)28-20-27(24-11-5-2-6-12-24)31-33(28)29(34)21-32-17-15-23(16-18-32)19-22-9-3-1-4-10-22/h1-14,23,28H,15-21H2. The first-order valence-corrected chi connectivity index (χ1v) is 12.5. The molecule has 3 aromatic carbocycles. The van der Waals surface area contributed by atoms with E-state index in [0.717, 1.165) is 49.2 Å². The normalized spacial score (nSPS) is 19.3. The number of nitrogens with zero attached hydrogens (tertiary/aromatic N) is 3. The van der Waals surface area contributed by atoms with Crippen LogP contribution in [0.25, 0.3) is 0 Å². The largest absolute Gasteiger partial charge is 0.294 e. The van der Waals surface area contributed by atoms with Crippen LogP contribution in [0.4, 0.5) is 0 Å². The van der Waals surface area contributed by atoms with Gasteiger partial charge in [-0.2, -0.15) is 5.10 Å². The topological polar surface area (TPSA) is 35.9 Å². The lowest BCUT2D eigenvalue weighted by Crippen LogP contribution is -2.42. The molecule has 1 amide bonds. The Balaban J connectivity index is 1.27. The van der Waals surface area contributed by atoms with Gasteiger partial charge in [-0.1, -0.05) is 90.5 Å². The Hall–Kier alpha value is -2.95. The van der Waals surface area contributed by atoms with Gasteiger partial charge in [-0.3, -0.25) is 9.69 Å². The molecule has 0 spiro atoms. The van der Waals surface area contributed by atoms with Gasteiger partial charge in [0, 0.05) is 11.4 Å². The van der Waals surface area contributed by atoms with Crippen molar-refractivity contribution < 1.29 is 4.79 Å². The maximum absolute atomic E-state index is 13.5. The first-order chi connectivity index (χ1) is 16.7. The van der Waals surface area contributed by atoms with E-state index in [-0.39, 0.29) is 11.9 Å². The fourth-order valence-electron chi connectivity index (χ4n) is 5.09. The molecule has 1 saturated heterocycles. The number of carbonyl (C=O) groups is 1. The third-order valence-electron chi connectivity index (χ3n) is 6.97. The highest BCUT2D eigenvalue weighted by Gasteiger charge is 2.35. The minimum Gasteiger partial charge on any atom is -0.294 e. The maximum atomic E-state index is 13.5. The second-order valence-electron chi connectivity index (χ2n) is 9.30. The van der Waals surface area contributed by atoms with Crippen LogP contribution >= 0.6 is 11.6 Å². The van der Waals surface area contributed by atoms with Gasteiger partial charge in [-0.05, 0) is 61.0 Å². The molecule has 2 aliphatic heterocycles. The second-order valence-corrected chi connectivity index (χ2v) is 9.71. The minimum absolute atomic E-state index is 0.0392. The molecule has 34 heavy (non-hydrogen) atoms. The van der Waals surface area contributed by atoms with Crippen molar-refractivity contribution in [3.05, 3.63) is 107 Å². The number of rotatable bonds is 6. The fraction of sp³-hybridized carbons (Fsp3) is 0.310. The van der Waals surface area contributed by atoms with Crippen molar-refractivity contribution in [2.45, 2.75) is 31.7 Å². The van der Waals surface area contributed by atoms with Crippen LogP contribution in [0.2, 0.25) is 5.02 Å². The molecule has 4 nitrogen and oxygen atoms in total. The molecule has 2 heterocycles. The van der Waals surface area contributed by atoms with Crippen molar-refractivity contribution in [2.24, 2.45) is 11.0 Å². The van der Waals surface area contributed by atoms with Gasteiger partial charge in [0.25, 0.3) is 5.91 Å². The van der Waals surface area contributed by atoms with Crippen LogP contribution in [0.3, 0.4) is 0 Å². The first-order valence-electron chi connectivity index (χ1n) is 12.1. The van der Waals surface area contributed by atoms with Crippen LogP contribution in [0.5, 0.6) is 0 Å². The average Bonchev–Trinajstić information content (AvgIpc) is 3.32. The van der Waals surface area contributed by atoms with Crippen LogP contribution in [0.15, 0.2) is 90.0 Å². The summed E-state index contributed by atoms with van der Waals surface area (Å²) in [5, 5.41) is 7.17. The third-order valence-corrected chi connectivity index (χ3v) is 7.31. The maximum Gasteiger partial charge on any atom is 0.257 e. The Morgan fingerprint density at radius 3 is 2.24 bits per heavy atom. The number of amides is 1. The van der Waals surface area contributed by atoms with E-state index in [9.17, 15) is 4.79 Å². The van der Waals surface area contributed by atoms with E-state index in [1.54, 1.807) is 5.01 Å². The van der Waals surface area contributed by atoms with Gasteiger partial charge in [0.1, 0.15) is 0 Å². The van der Waals surface area contributed by atoms with Crippen LogP contribution in [0.1, 0.15) is 42.0 Å². The van der Waals surface area contributed by atoms with E-state index in [2.05, 4.69) is 35.2 Å². The summed E-state index contributed by atoms with van der Waals surface area (Å²) in [6.45, 7) is 2.29. The summed E-state index contributed by atoms with van der Waals surface area (Å²) in [6.07, 6.45) is 4.02. The monoisotopic (exact) mass is 471 g/mol. The lowest BCUT2D eigenvalue weighted by Gasteiger charge is -2.33. The number of hydrogen-bond donors (Lipinski definition) is 0. The smallest absolute Gasteiger partial charge is 0.257 e. The highest BCUT2D eigenvalue weighted by Crippen LogP contribution is 2.36. The predicted molar refractivity (Wildman–Crippen MR) is 138 cm³/mol. The Labute approximate surface area is 206 Å². The zero-order chi connectivity index (χ0) is 23.3. The zero-order valence-electron chi connectivity index (χ0n) is 19.3. The van der Waals surface area contributed by atoms with Gasteiger partial charge in [0.15, 0.2) is 0 Å². The van der Waals surface area contributed by atoms with Gasteiger partial charge in [-0.15, -0.1) is 0 Å². The number of halogens is 1.